The van der Waals surface area contributed by atoms with Crippen LogP contribution in [0, 0.1) is 5.82 Å². The van der Waals surface area contributed by atoms with Crippen molar-refractivity contribution in [3.8, 4) is 11.5 Å². The van der Waals surface area contributed by atoms with Crippen LogP contribution in [0.4, 0.5) is 4.39 Å². The van der Waals surface area contributed by atoms with Gasteiger partial charge in [0.2, 0.25) is 5.91 Å². The second-order valence-corrected chi connectivity index (χ2v) is 7.33. The number of carbonyl (C=O) groups is 2. The first-order valence-corrected chi connectivity index (χ1v) is 9.69. The number of halogens is 1. The molecule has 1 aliphatic heterocycles. The molecule has 30 heavy (non-hydrogen) atoms. The number of thioether (sulfide) groups is 1. The lowest BCUT2D eigenvalue weighted by molar-refractivity contribution is -0.138. The Morgan fingerprint density at radius 2 is 2.10 bits per heavy atom. The normalized spacial score (nSPS) is 17.3. The SMILES string of the molecule is COc1cc(C=N/N=C2\NC(=O)C(CC(=O)O)S2)ccc1OCc1ccccc1F. The van der Waals surface area contributed by atoms with Crippen LogP contribution in [-0.2, 0) is 16.2 Å². The van der Waals surface area contributed by atoms with Gasteiger partial charge < -0.3 is 19.9 Å². The molecule has 8 nitrogen and oxygen atoms in total. The maximum Gasteiger partial charge on any atom is 0.305 e. The molecule has 1 fully saturated rings. The van der Waals surface area contributed by atoms with Crippen LogP contribution in [0.25, 0.3) is 0 Å². The third kappa shape index (κ3) is 5.57. The lowest BCUT2D eigenvalue weighted by Gasteiger charge is -2.11. The highest BCUT2D eigenvalue weighted by atomic mass is 32.2. The largest absolute Gasteiger partial charge is 0.493 e. The number of hydrogen-bond acceptors (Lipinski definition) is 7. The number of carboxylic acids is 1. The van der Waals surface area contributed by atoms with E-state index in [1.807, 2.05) is 0 Å². The maximum atomic E-state index is 13.7. The van der Waals surface area contributed by atoms with Gasteiger partial charge in [-0.1, -0.05) is 30.0 Å². The lowest BCUT2D eigenvalue weighted by Crippen LogP contribution is -2.26. The number of carboxylic acid groups (broad SMARTS) is 1. The zero-order valence-electron chi connectivity index (χ0n) is 15.9. The van der Waals surface area contributed by atoms with Gasteiger partial charge in [-0.15, -0.1) is 5.10 Å². The van der Waals surface area contributed by atoms with Crippen molar-refractivity contribution >= 4 is 35.0 Å². The quantitative estimate of drug-likeness (QED) is 0.491. The van der Waals surface area contributed by atoms with E-state index in [9.17, 15) is 14.0 Å². The van der Waals surface area contributed by atoms with Crippen molar-refractivity contribution in [3.63, 3.8) is 0 Å². The van der Waals surface area contributed by atoms with Gasteiger partial charge in [-0.3, -0.25) is 9.59 Å². The van der Waals surface area contributed by atoms with E-state index in [0.29, 0.717) is 22.6 Å². The van der Waals surface area contributed by atoms with Gasteiger partial charge in [0, 0.05) is 5.56 Å². The molecule has 1 saturated heterocycles. The molecule has 10 heteroatoms. The average molecular weight is 431 g/mol. The summed E-state index contributed by atoms with van der Waals surface area (Å²) in [6, 6.07) is 11.4. The van der Waals surface area contributed by atoms with Crippen LogP contribution in [0.2, 0.25) is 0 Å². The summed E-state index contributed by atoms with van der Waals surface area (Å²) in [5.41, 5.74) is 1.09. The molecule has 0 spiro atoms. The number of carbonyl (C=O) groups excluding carboxylic acids is 1. The van der Waals surface area contributed by atoms with E-state index in [1.165, 1.54) is 19.4 Å². The number of amides is 1. The smallest absolute Gasteiger partial charge is 0.305 e. The van der Waals surface area contributed by atoms with Gasteiger partial charge in [-0.05, 0) is 29.8 Å². The third-order valence-electron chi connectivity index (χ3n) is 4.02. The lowest BCUT2D eigenvalue weighted by atomic mass is 10.2. The minimum atomic E-state index is -1.06. The van der Waals surface area contributed by atoms with Crippen molar-refractivity contribution in [2.24, 2.45) is 10.2 Å². The summed E-state index contributed by atoms with van der Waals surface area (Å²) in [5, 5.41) is 18.6. The van der Waals surface area contributed by atoms with Crippen molar-refractivity contribution in [3.05, 3.63) is 59.4 Å². The Morgan fingerprint density at radius 1 is 1.30 bits per heavy atom. The zero-order chi connectivity index (χ0) is 21.5. The number of methoxy groups -OCH3 is 1. The molecule has 0 bridgehead atoms. The van der Waals surface area contributed by atoms with Crippen molar-refractivity contribution in [1.82, 2.24) is 5.32 Å². The Balaban J connectivity index is 1.64. The molecule has 0 aliphatic carbocycles. The summed E-state index contributed by atoms with van der Waals surface area (Å²) in [6.07, 6.45) is 1.16. The molecule has 2 aromatic rings. The van der Waals surface area contributed by atoms with Crippen LogP contribution in [-0.4, -0.2) is 40.7 Å². The summed E-state index contributed by atoms with van der Waals surface area (Å²) < 4.78 is 24.7. The topological polar surface area (TPSA) is 110 Å². The summed E-state index contributed by atoms with van der Waals surface area (Å²) in [5.74, 6) is -0.930. The first-order valence-electron chi connectivity index (χ1n) is 8.81. The van der Waals surface area contributed by atoms with Crippen LogP contribution < -0.4 is 14.8 Å². The van der Waals surface area contributed by atoms with E-state index in [1.54, 1.807) is 36.4 Å². The van der Waals surface area contributed by atoms with Crippen LogP contribution >= 0.6 is 11.8 Å². The fourth-order valence-electron chi connectivity index (χ4n) is 2.55. The van der Waals surface area contributed by atoms with Crippen molar-refractivity contribution in [2.45, 2.75) is 18.3 Å². The number of nitrogens with zero attached hydrogens (tertiary/aromatic N) is 2. The maximum absolute atomic E-state index is 13.7. The summed E-state index contributed by atoms with van der Waals surface area (Å²) >= 11 is 1.02. The van der Waals surface area contributed by atoms with E-state index >= 15 is 0 Å². The third-order valence-corrected chi connectivity index (χ3v) is 5.09. The standard InChI is InChI=1S/C20H18FN3O5S/c1-28-16-8-12(6-7-15(16)29-11-13-4-2-3-5-14(13)21)10-22-24-20-23-19(27)17(30-20)9-18(25)26/h2-8,10,17H,9,11H2,1H3,(H,25,26)(H,23,24,27). The van der Waals surface area contributed by atoms with E-state index in [-0.39, 0.29) is 24.0 Å². The van der Waals surface area contributed by atoms with E-state index in [0.717, 1.165) is 11.8 Å². The highest BCUT2D eigenvalue weighted by Crippen LogP contribution is 2.29. The Kier molecular flexibility index (Phi) is 7.02. The Morgan fingerprint density at radius 3 is 2.83 bits per heavy atom. The molecule has 1 unspecified atom stereocenters. The molecule has 1 amide bonds. The van der Waals surface area contributed by atoms with Gasteiger partial charge in [-0.25, -0.2) is 4.39 Å². The van der Waals surface area contributed by atoms with E-state index < -0.39 is 17.1 Å². The predicted octanol–water partition coefficient (Wildman–Crippen LogP) is 2.81. The fourth-order valence-corrected chi connectivity index (χ4v) is 3.46. The highest BCUT2D eigenvalue weighted by Gasteiger charge is 2.32. The average Bonchev–Trinajstić information content (AvgIpc) is 3.06. The van der Waals surface area contributed by atoms with E-state index in [4.69, 9.17) is 14.6 Å². The first kappa shape index (κ1) is 21.3. The second-order valence-electron chi connectivity index (χ2n) is 6.13. The number of ether oxygens (including phenoxy) is 2. The van der Waals surface area contributed by atoms with Gasteiger partial charge in [-0.2, -0.15) is 5.10 Å². The summed E-state index contributed by atoms with van der Waals surface area (Å²) in [4.78, 5) is 22.4. The van der Waals surface area contributed by atoms with E-state index in [2.05, 4.69) is 15.5 Å². The molecule has 156 valence electrons. The molecule has 0 saturated carbocycles. The highest BCUT2D eigenvalue weighted by molar-refractivity contribution is 8.15. The monoisotopic (exact) mass is 431 g/mol. The Labute approximate surface area is 175 Å². The van der Waals surface area contributed by atoms with Crippen LogP contribution in [0.15, 0.2) is 52.7 Å². The Hall–Kier alpha value is -3.40. The molecular formula is C20H18FN3O5S. The number of rotatable bonds is 8. The summed E-state index contributed by atoms with van der Waals surface area (Å²) in [6.45, 7) is 0.0541. The van der Waals surface area contributed by atoms with Gasteiger partial charge >= 0.3 is 5.97 Å². The zero-order valence-corrected chi connectivity index (χ0v) is 16.7. The van der Waals surface area contributed by atoms with Gasteiger partial charge in [0.15, 0.2) is 16.7 Å². The van der Waals surface area contributed by atoms with Gasteiger partial charge in [0.05, 0.1) is 19.7 Å². The van der Waals surface area contributed by atoms with Gasteiger partial charge in [0.25, 0.3) is 0 Å². The number of aliphatic carboxylic acids is 1. The molecule has 2 aromatic carbocycles. The second kappa shape index (κ2) is 9.88. The number of hydrogen-bond donors (Lipinski definition) is 2. The molecule has 3 rings (SSSR count). The number of benzene rings is 2. The molecule has 0 radical (unpaired) electrons. The fraction of sp³-hybridized carbons (Fsp3) is 0.200. The molecule has 0 aromatic heterocycles. The molecule has 1 heterocycles. The minimum absolute atomic E-state index is 0.0541. The van der Waals surface area contributed by atoms with Crippen molar-refractivity contribution < 1.29 is 28.6 Å². The number of nitrogens with one attached hydrogen (secondary N) is 1. The molecule has 2 N–H and O–H groups in total. The van der Waals surface area contributed by atoms with Crippen LogP contribution in [0.5, 0.6) is 11.5 Å². The molecular weight excluding hydrogens is 413 g/mol. The van der Waals surface area contributed by atoms with Crippen molar-refractivity contribution in [2.75, 3.05) is 7.11 Å². The van der Waals surface area contributed by atoms with Crippen LogP contribution in [0.1, 0.15) is 17.5 Å². The van der Waals surface area contributed by atoms with Gasteiger partial charge in [0.1, 0.15) is 17.7 Å². The minimum Gasteiger partial charge on any atom is -0.493 e. The van der Waals surface area contributed by atoms with Crippen LogP contribution in [0.3, 0.4) is 0 Å². The Bertz CT molecular complexity index is 1010. The summed E-state index contributed by atoms with van der Waals surface area (Å²) in [7, 11) is 1.49. The number of amidine groups is 1. The molecule has 1 aliphatic rings. The molecule has 1 atom stereocenters. The van der Waals surface area contributed by atoms with Crippen molar-refractivity contribution in [1.29, 1.82) is 0 Å². The first-order chi connectivity index (χ1) is 14.5. The predicted molar refractivity (Wildman–Crippen MR) is 111 cm³/mol.